The van der Waals surface area contributed by atoms with Gasteiger partial charge in [0.25, 0.3) is 0 Å². The molecule has 142 valence electrons. The average molecular weight is 368 g/mol. The smallest absolute Gasteiger partial charge is 0.318 e. The molecule has 4 rings (SSSR count). The van der Waals surface area contributed by atoms with Crippen LogP contribution < -0.4 is 10.1 Å². The minimum atomic E-state index is -0.181. The summed E-state index contributed by atoms with van der Waals surface area (Å²) in [5.74, 6) is 1.01. The highest BCUT2D eigenvalue weighted by molar-refractivity contribution is 5.75. The number of fused-ring (bicyclic) bond motifs is 1. The van der Waals surface area contributed by atoms with Crippen molar-refractivity contribution in [2.24, 2.45) is 0 Å². The Bertz CT molecular complexity index is 804. The SMILES string of the molecule is O=C(N[C@@H]1COc2ccccc21)N(Cc1ccccc1O)C[C@@H]1CCCO1. The zero-order chi connectivity index (χ0) is 18.6. The molecule has 2 atom stereocenters. The molecule has 6 heteroatoms. The van der Waals surface area contributed by atoms with E-state index in [4.69, 9.17) is 9.47 Å². The summed E-state index contributed by atoms with van der Waals surface area (Å²) in [6.45, 7) is 1.99. The highest BCUT2D eigenvalue weighted by atomic mass is 16.5. The molecule has 2 amide bonds. The van der Waals surface area contributed by atoms with Crippen molar-refractivity contribution in [3.8, 4) is 11.5 Å². The van der Waals surface area contributed by atoms with Gasteiger partial charge in [0.2, 0.25) is 0 Å². The van der Waals surface area contributed by atoms with Crippen LogP contribution in [0, 0.1) is 0 Å². The third-order valence-electron chi connectivity index (χ3n) is 5.09. The van der Waals surface area contributed by atoms with Gasteiger partial charge in [0.1, 0.15) is 18.1 Å². The largest absolute Gasteiger partial charge is 0.508 e. The molecule has 2 aliphatic heterocycles. The minimum absolute atomic E-state index is 0.0359. The van der Waals surface area contributed by atoms with Gasteiger partial charge in [0.15, 0.2) is 0 Å². The Balaban J connectivity index is 1.49. The first-order valence-corrected chi connectivity index (χ1v) is 9.36. The fraction of sp³-hybridized carbons (Fsp3) is 0.381. The Labute approximate surface area is 158 Å². The van der Waals surface area contributed by atoms with Gasteiger partial charge < -0.3 is 24.8 Å². The lowest BCUT2D eigenvalue weighted by Crippen LogP contribution is -2.44. The summed E-state index contributed by atoms with van der Waals surface area (Å²) in [5, 5.41) is 13.2. The van der Waals surface area contributed by atoms with Gasteiger partial charge in [-0.3, -0.25) is 0 Å². The monoisotopic (exact) mass is 368 g/mol. The molecule has 2 heterocycles. The van der Waals surface area contributed by atoms with Crippen LogP contribution in [0.2, 0.25) is 0 Å². The van der Waals surface area contributed by atoms with Crippen molar-refractivity contribution in [1.29, 1.82) is 0 Å². The predicted octanol–water partition coefficient (Wildman–Crippen LogP) is 3.22. The number of nitrogens with one attached hydrogen (secondary N) is 1. The molecule has 2 aromatic carbocycles. The van der Waals surface area contributed by atoms with E-state index >= 15 is 0 Å². The second-order valence-corrected chi connectivity index (χ2v) is 7.00. The zero-order valence-electron chi connectivity index (χ0n) is 15.1. The van der Waals surface area contributed by atoms with E-state index < -0.39 is 0 Å². The molecule has 2 aliphatic rings. The van der Waals surface area contributed by atoms with E-state index in [0.717, 1.165) is 30.8 Å². The number of carbonyl (C=O) groups is 1. The quantitative estimate of drug-likeness (QED) is 0.850. The summed E-state index contributed by atoms with van der Waals surface area (Å²) in [6.07, 6.45) is 1.99. The Hall–Kier alpha value is -2.73. The second kappa shape index (κ2) is 7.88. The number of urea groups is 1. The van der Waals surface area contributed by atoms with Crippen molar-refractivity contribution in [1.82, 2.24) is 10.2 Å². The fourth-order valence-corrected chi connectivity index (χ4v) is 3.63. The summed E-state index contributed by atoms with van der Waals surface area (Å²) in [4.78, 5) is 14.7. The summed E-state index contributed by atoms with van der Waals surface area (Å²) in [6, 6.07) is 14.5. The number of para-hydroxylation sites is 2. The normalized spacial score (nSPS) is 20.7. The molecule has 6 nitrogen and oxygen atoms in total. The molecular formula is C21H24N2O4. The van der Waals surface area contributed by atoms with Crippen LogP contribution in [0.25, 0.3) is 0 Å². The van der Waals surface area contributed by atoms with E-state index in [1.54, 1.807) is 17.0 Å². The first-order chi connectivity index (χ1) is 13.2. The number of nitrogens with zero attached hydrogens (tertiary/aromatic N) is 1. The van der Waals surface area contributed by atoms with Gasteiger partial charge >= 0.3 is 6.03 Å². The van der Waals surface area contributed by atoms with Crippen LogP contribution in [0.15, 0.2) is 48.5 Å². The second-order valence-electron chi connectivity index (χ2n) is 7.00. The Kier molecular flexibility index (Phi) is 5.16. The lowest BCUT2D eigenvalue weighted by molar-refractivity contribution is 0.0785. The minimum Gasteiger partial charge on any atom is -0.508 e. The third kappa shape index (κ3) is 4.01. The summed E-state index contributed by atoms with van der Waals surface area (Å²) in [5.41, 5.74) is 1.71. The van der Waals surface area contributed by atoms with Crippen LogP contribution in [0.3, 0.4) is 0 Å². The lowest BCUT2D eigenvalue weighted by Gasteiger charge is -2.27. The van der Waals surface area contributed by atoms with Crippen LogP contribution >= 0.6 is 0 Å². The van der Waals surface area contributed by atoms with Crippen LogP contribution in [-0.2, 0) is 11.3 Å². The molecular weight excluding hydrogens is 344 g/mol. The number of benzene rings is 2. The number of phenols is 1. The number of hydrogen-bond donors (Lipinski definition) is 2. The maximum Gasteiger partial charge on any atom is 0.318 e. The van der Waals surface area contributed by atoms with Gasteiger partial charge in [-0.1, -0.05) is 36.4 Å². The van der Waals surface area contributed by atoms with Crippen LogP contribution in [0.1, 0.15) is 30.0 Å². The van der Waals surface area contributed by atoms with Crippen LogP contribution in [0.4, 0.5) is 4.79 Å². The molecule has 0 aromatic heterocycles. The molecule has 0 saturated carbocycles. The van der Waals surface area contributed by atoms with E-state index in [1.807, 2.05) is 36.4 Å². The standard InChI is InChI=1S/C21H24N2O4/c24-19-9-3-1-6-15(19)12-23(13-16-7-5-11-26-16)21(25)22-18-14-27-20-10-4-2-8-17(18)20/h1-4,6,8-10,16,18,24H,5,7,11-14H2,(H,22,25)/t16-,18+/m0/s1. The van der Waals surface area contributed by atoms with E-state index in [1.165, 1.54) is 0 Å². The molecule has 0 aliphatic carbocycles. The van der Waals surface area contributed by atoms with Crippen molar-refractivity contribution in [2.75, 3.05) is 19.8 Å². The summed E-state index contributed by atoms with van der Waals surface area (Å²) < 4.78 is 11.4. The van der Waals surface area contributed by atoms with Gasteiger partial charge in [-0.2, -0.15) is 0 Å². The highest BCUT2D eigenvalue weighted by Gasteiger charge is 2.29. The molecule has 2 aromatic rings. The molecule has 0 radical (unpaired) electrons. The maximum atomic E-state index is 13.0. The van der Waals surface area contributed by atoms with Crippen molar-refractivity contribution >= 4 is 6.03 Å². The Morgan fingerprint density at radius 3 is 2.81 bits per heavy atom. The molecule has 0 unspecified atom stereocenters. The van der Waals surface area contributed by atoms with Crippen LogP contribution in [0.5, 0.6) is 11.5 Å². The van der Waals surface area contributed by atoms with Gasteiger partial charge in [0, 0.05) is 24.3 Å². The van der Waals surface area contributed by atoms with Crippen molar-refractivity contribution in [3.63, 3.8) is 0 Å². The lowest BCUT2D eigenvalue weighted by atomic mass is 10.1. The zero-order valence-corrected chi connectivity index (χ0v) is 15.1. The fourth-order valence-electron chi connectivity index (χ4n) is 3.63. The third-order valence-corrected chi connectivity index (χ3v) is 5.09. The number of carbonyl (C=O) groups excluding carboxylic acids is 1. The van der Waals surface area contributed by atoms with E-state index in [0.29, 0.717) is 25.3 Å². The van der Waals surface area contributed by atoms with Crippen molar-refractivity contribution in [2.45, 2.75) is 31.5 Å². The Morgan fingerprint density at radius 1 is 1.19 bits per heavy atom. The molecule has 2 N–H and O–H groups in total. The topological polar surface area (TPSA) is 71.0 Å². The number of rotatable bonds is 5. The summed E-state index contributed by atoms with van der Waals surface area (Å²) in [7, 11) is 0. The first-order valence-electron chi connectivity index (χ1n) is 9.36. The number of hydrogen-bond acceptors (Lipinski definition) is 4. The van der Waals surface area contributed by atoms with Crippen LogP contribution in [-0.4, -0.2) is 41.9 Å². The average Bonchev–Trinajstić information content (AvgIpc) is 3.33. The Morgan fingerprint density at radius 2 is 2.00 bits per heavy atom. The van der Waals surface area contributed by atoms with Gasteiger partial charge in [-0.25, -0.2) is 4.79 Å². The van der Waals surface area contributed by atoms with Crippen molar-refractivity contribution in [3.05, 3.63) is 59.7 Å². The van der Waals surface area contributed by atoms with E-state index in [9.17, 15) is 9.90 Å². The van der Waals surface area contributed by atoms with E-state index in [-0.39, 0.29) is 23.9 Å². The highest BCUT2D eigenvalue weighted by Crippen LogP contribution is 2.32. The number of aromatic hydroxyl groups is 1. The van der Waals surface area contributed by atoms with Gasteiger partial charge in [-0.05, 0) is 25.0 Å². The summed E-state index contributed by atoms with van der Waals surface area (Å²) >= 11 is 0. The molecule has 27 heavy (non-hydrogen) atoms. The number of amides is 2. The first kappa shape index (κ1) is 17.7. The molecule has 0 spiro atoms. The van der Waals surface area contributed by atoms with Gasteiger partial charge in [0.05, 0.1) is 18.7 Å². The molecule has 1 saturated heterocycles. The molecule has 1 fully saturated rings. The number of phenolic OH excluding ortho intramolecular Hbond substituents is 1. The van der Waals surface area contributed by atoms with E-state index in [2.05, 4.69) is 5.32 Å². The molecule has 0 bridgehead atoms. The number of ether oxygens (including phenoxy) is 2. The van der Waals surface area contributed by atoms with Gasteiger partial charge in [-0.15, -0.1) is 0 Å². The van der Waals surface area contributed by atoms with Crippen molar-refractivity contribution < 1.29 is 19.4 Å². The predicted molar refractivity (Wildman–Crippen MR) is 101 cm³/mol. The maximum absolute atomic E-state index is 13.0.